The van der Waals surface area contributed by atoms with E-state index in [4.69, 9.17) is 9.47 Å². The van der Waals surface area contributed by atoms with Crippen LogP contribution >= 0.6 is 23.1 Å². The quantitative estimate of drug-likeness (QED) is 0.553. The highest BCUT2D eigenvalue weighted by Gasteiger charge is 2.14. The summed E-state index contributed by atoms with van der Waals surface area (Å²) in [6.07, 6.45) is 0. The summed E-state index contributed by atoms with van der Waals surface area (Å²) in [4.78, 5) is 18.1. The van der Waals surface area contributed by atoms with Crippen LogP contribution in [-0.4, -0.2) is 30.9 Å². The monoisotopic (exact) mass is 400 g/mol. The molecule has 1 aromatic heterocycles. The zero-order valence-corrected chi connectivity index (χ0v) is 16.9. The Hall–Kier alpha value is -2.51. The van der Waals surface area contributed by atoms with Crippen molar-refractivity contribution in [2.24, 2.45) is 0 Å². The number of anilines is 1. The van der Waals surface area contributed by atoms with E-state index in [2.05, 4.69) is 17.2 Å². The number of amides is 1. The van der Waals surface area contributed by atoms with Gasteiger partial charge >= 0.3 is 0 Å². The van der Waals surface area contributed by atoms with Crippen molar-refractivity contribution in [2.75, 3.05) is 25.3 Å². The van der Waals surface area contributed by atoms with Crippen LogP contribution in [0.4, 0.5) is 5.13 Å². The Morgan fingerprint density at radius 2 is 1.93 bits per heavy atom. The number of carbonyl (C=O) groups is 1. The zero-order valence-electron chi connectivity index (χ0n) is 15.3. The minimum atomic E-state index is -0.179. The van der Waals surface area contributed by atoms with Crippen molar-refractivity contribution in [2.45, 2.75) is 11.8 Å². The van der Waals surface area contributed by atoms with Gasteiger partial charge in [-0.15, -0.1) is 23.1 Å². The highest BCUT2D eigenvalue weighted by atomic mass is 32.2. The number of ether oxygens (including phenoxy) is 2. The van der Waals surface area contributed by atoms with Crippen molar-refractivity contribution in [3.63, 3.8) is 0 Å². The fourth-order valence-electron chi connectivity index (χ4n) is 2.51. The van der Waals surface area contributed by atoms with E-state index in [0.717, 1.165) is 27.7 Å². The lowest BCUT2D eigenvalue weighted by Crippen LogP contribution is -2.11. The lowest BCUT2D eigenvalue weighted by molar-refractivity contribution is 0.102. The maximum absolute atomic E-state index is 12.5. The van der Waals surface area contributed by atoms with Gasteiger partial charge in [-0.3, -0.25) is 10.1 Å². The molecule has 3 aromatic rings. The molecule has 0 atom stereocenters. The molecule has 7 heteroatoms. The first-order chi connectivity index (χ1) is 13.1. The normalized spacial score (nSPS) is 10.5. The molecular formula is C20H20N2O3S2. The summed E-state index contributed by atoms with van der Waals surface area (Å²) in [5.41, 5.74) is 2.14. The number of hydrogen-bond donors (Lipinski definition) is 1. The van der Waals surface area contributed by atoms with Crippen molar-refractivity contribution in [3.05, 3.63) is 53.4 Å². The highest BCUT2D eigenvalue weighted by molar-refractivity contribution is 7.99. The molecule has 1 amide bonds. The Bertz CT molecular complexity index is 923. The second-order valence-electron chi connectivity index (χ2n) is 5.52. The van der Waals surface area contributed by atoms with E-state index in [0.29, 0.717) is 16.4 Å². The van der Waals surface area contributed by atoms with Crippen LogP contribution in [0.1, 0.15) is 17.3 Å². The van der Waals surface area contributed by atoms with Gasteiger partial charge in [0.1, 0.15) is 11.5 Å². The van der Waals surface area contributed by atoms with Crippen LogP contribution < -0.4 is 14.8 Å². The second-order valence-corrected chi connectivity index (χ2v) is 7.71. The predicted octanol–water partition coefficient (Wildman–Crippen LogP) is 5.19. The first-order valence-corrected chi connectivity index (χ1v) is 10.2. The number of aromatic nitrogens is 1. The van der Waals surface area contributed by atoms with Gasteiger partial charge in [-0.25, -0.2) is 4.98 Å². The third kappa shape index (κ3) is 4.61. The maximum atomic E-state index is 12.5. The number of hydrogen-bond acceptors (Lipinski definition) is 6. The molecule has 0 unspecified atom stereocenters. The largest absolute Gasteiger partial charge is 0.497 e. The number of carbonyl (C=O) groups excluding carboxylic acids is 1. The first kappa shape index (κ1) is 19.3. The molecule has 0 fully saturated rings. The molecular weight excluding hydrogens is 380 g/mol. The second kappa shape index (κ2) is 8.92. The van der Waals surface area contributed by atoms with Gasteiger partial charge < -0.3 is 9.47 Å². The summed E-state index contributed by atoms with van der Waals surface area (Å²) < 4.78 is 10.7. The van der Waals surface area contributed by atoms with Gasteiger partial charge in [0.15, 0.2) is 5.13 Å². The molecule has 140 valence electrons. The summed E-state index contributed by atoms with van der Waals surface area (Å²) in [6.45, 7) is 2.10. The number of nitrogens with one attached hydrogen (secondary N) is 1. The molecule has 0 aliphatic heterocycles. The molecule has 1 N–H and O–H groups in total. The van der Waals surface area contributed by atoms with Crippen LogP contribution in [0.2, 0.25) is 0 Å². The van der Waals surface area contributed by atoms with Crippen molar-refractivity contribution in [1.82, 2.24) is 4.98 Å². The van der Waals surface area contributed by atoms with Gasteiger partial charge in [-0.05, 0) is 48.2 Å². The molecule has 3 rings (SSSR count). The Morgan fingerprint density at radius 3 is 2.59 bits per heavy atom. The van der Waals surface area contributed by atoms with Gasteiger partial charge in [0, 0.05) is 21.4 Å². The van der Waals surface area contributed by atoms with Crippen LogP contribution in [0.3, 0.4) is 0 Å². The van der Waals surface area contributed by atoms with E-state index in [1.54, 1.807) is 26.0 Å². The number of nitrogens with zero attached hydrogens (tertiary/aromatic N) is 1. The average Bonchev–Trinajstić information content (AvgIpc) is 3.16. The van der Waals surface area contributed by atoms with Crippen molar-refractivity contribution < 1.29 is 14.3 Å². The Balaban J connectivity index is 1.77. The molecule has 0 aliphatic rings. The topological polar surface area (TPSA) is 60.5 Å². The van der Waals surface area contributed by atoms with E-state index in [9.17, 15) is 4.79 Å². The van der Waals surface area contributed by atoms with Gasteiger partial charge in [0.25, 0.3) is 5.91 Å². The minimum Gasteiger partial charge on any atom is -0.497 e. The lowest BCUT2D eigenvalue weighted by atomic mass is 10.1. The Morgan fingerprint density at radius 1 is 1.15 bits per heavy atom. The third-order valence-corrected chi connectivity index (χ3v) is 5.49. The van der Waals surface area contributed by atoms with E-state index in [1.807, 2.05) is 47.8 Å². The average molecular weight is 401 g/mol. The third-order valence-electron chi connectivity index (χ3n) is 3.83. The van der Waals surface area contributed by atoms with Gasteiger partial charge in [-0.1, -0.05) is 6.92 Å². The van der Waals surface area contributed by atoms with Gasteiger partial charge in [0.2, 0.25) is 0 Å². The minimum absolute atomic E-state index is 0.179. The fourth-order valence-corrected chi connectivity index (χ4v) is 3.88. The van der Waals surface area contributed by atoms with Gasteiger partial charge in [-0.2, -0.15) is 0 Å². The predicted molar refractivity (Wildman–Crippen MR) is 111 cm³/mol. The van der Waals surface area contributed by atoms with Crippen LogP contribution in [0.5, 0.6) is 11.5 Å². The van der Waals surface area contributed by atoms with Crippen LogP contribution in [0, 0.1) is 0 Å². The summed E-state index contributed by atoms with van der Waals surface area (Å²) >= 11 is 3.11. The first-order valence-electron chi connectivity index (χ1n) is 8.36. The van der Waals surface area contributed by atoms with Gasteiger partial charge in [0.05, 0.1) is 19.9 Å². The van der Waals surface area contributed by atoms with Crippen molar-refractivity contribution in [3.8, 4) is 22.8 Å². The number of benzene rings is 2. The summed E-state index contributed by atoms with van der Waals surface area (Å²) in [7, 11) is 3.23. The van der Waals surface area contributed by atoms with E-state index in [1.165, 1.54) is 11.3 Å². The zero-order chi connectivity index (χ0) is 19.2. The molecule has 0 spiro atoms. The highest BCUT2D eigenvalue weighted by Crippen LogP contribution is 2.35. The molecule has 2 aromatic carbocycles. The summed E-state index contributed by atoms with van der Waals surface area (Å²) in [6, 6.07) is 13.1. The number of methoxy groups -OCH3 is 2. The number of thioether (sulfide) groups is 1. The SMILES string of the molecule is CCSc1ccc(C(=O)Nc2nc(-c3cc(OC)ccc3OC)cs2)cc1. The number of rotatable bonds is 7. The summed E-state index contributed by atoms with van der Waals surface area (Å²) in [5, 5.41) is 5.27. The molecule has 0 radical (unpaired) electrons. The Kier molecular flexibility index (Phi) is 6.36. The van der Waals surface area contributed by atoms with Crippen LogP contribution in [-0.2, 0) is 0 Å². The van der Waals surface area contributed by atoms with Crippen molar-refractivity contribution >= 4 is 34.1 Å². The van der Waals surface area contributed by atoms with E-state index in [-0.39, 0.29) is 5.91 Å². The van der Waals surface area contributed by atoms with Crippen LogP contribution in [0.25, 0.3) is 11.3 Å². The van der Waals surface area contributed by atoms with Crippen LogP contribution in [0.15, 0.2) is 52.7 Å². The molecule has 0 saturated carbocycles. The lowest BCUT2D eigenvalue weighted by Gasteiger charge is -2.08. The molecule has 0 saturated heterocycles. The molecule has 0 aliphatic carbocycles. The molecule has 27 heavy (non-hydrogen) atoms. The molecule has 0 bridgehead atoms. The maximum Gasteiger partial charge on any atom is 0.257 e. The molecule has 5 nitrogen and oxygen atoms in total. The van der Waals surface area contributed by atoms with E-state index < -0.39 is 0 Å². The number of thiazole rings is 1. The molecule has 1 heterocycles. The summed E-state index contributed by atoms with van der Waals surface area (Å²) in [5.74, 6) is 2.24. The Labute approximate surface area is 166 Å². The van der Waals surface area contributed by atoms with E-state index >= 15 is 0 Å². The smallest absolute Gasteiger partial charge is 0.257 e. The fraction of sp³-hybridized carbons (Fsp3) is 0.200. The standard InChI is InChI=1S/C20H20N2O3S2/c1-4-26-15-8-5-13(6-9-15)19(23)22-20-21-17(12-27-20)16-11-14(24-2)7-10-18(16)25-3/h5-12H,4H2,1-3H3,(H,21,22,23). The van der Waals surface area contributed by atoms with Crippen molar-refractivity contribution in [1.29, 1.82) is 0 Å².